The fraction of sp³-hybridized carbons (Fsp3) is 0.192. The van der Waals surface area contributed by atoms with Gasteiger partial charge in [0.1, 0.15) is 5.69 Å². The van der Waals surface area contributed by atoms with E-state index in [0.29, 0.717) is 23.9 Å². The molecule has 0 amide bonds. The van der Waals surface area contributed by atoms with Crippen molar-refractivity contribution in [2.24, 2.45) is 0 Å². The normalized spacial score (nSPS) is 11.6. The second kappa shape index (κ2) is 9.01. The molecule has 4 aromatic rings. The highest BCUT2D eigenvalue weighted by Gasteiger charge is 2.31. The van der Waals surface area contributed by atoms with Crippen molar-refractivity contribution in [3.63, 3.8) is 0 Å². The Bertz CT molecular complexity index is 1350. The van der Waals surface area contributed by atoms with Gasteiger partial charge in [0.2, 0.25) is 0 Å². The maximum absolute atomic E-state index is 13.7. The molecule has 0 bridgehead atoms. The molecule has 1 heterocycles. The van der Waals surface area contributed by atoms with E-state index in [1.165, 1.54) is 0 Å². The zero-order valence-electron chi connectivity index (χ0n) is 18.1. The fourth-order valence-electron chi connectivity index (χ4n) is 3.91. The first-order valence-electron chi connectivity index (χ1n) is 10.6. The summed E-state index contributed by atoms with van der Waals surface area (Å²) in [5, 5.41) is 0.738. The van der Waals surface area contributed by atoms with Gasteiger partial charge in [-0.15, -0.1) is 0 Å². The van der Waals surface area contributed by atoms with Gasteiger partial charge in [-0.25, -0.2) is 17.2 Å². The molecule has 164 valence electrons. The average Bonchev–Trinajstić information content (AvgIpc) is 3.14. The molecule has 0 saturated carbocycles. The number of nitrogens with zero attached hydrogens (tertiary/aromatic N) is 1. The van der Waals surface area contributed by atoms with E-state index in [9.17, 15) is 13.2 Å². The van der Waals surface area contributed by atoms with Crippen LogP contribution in [0.15, 0.2) is 83.8 Å². The Morgan fingerprint density at radius 2 is 1.53 bits per heavy atom. The number of hydrogen-bond acceptors (Lipinski definition) is 4. The molecule has 0 aliphatic rings. The van der Waals surface area contributed by atoms with E-state index in [1.807, 2.05) is 49.4 Å². The number of rotatable bonds is 7. The zero-order valence-corrected chi connectivity index (χ0v) is 18.9. The van der Waals surface area contributed by atoms with Crippen molar-refractivity contribution < 1.29 is 17.9 Å². The van der Waals surface area contributed by atoms with Crippen LogP contribution in [0.2, 0.25) is 0 Å². The van der Waals surface area contributed by atoms with E-state index in [4.69, 9.17) is 4.74 Å². The molecule has 0 atom stereocenters. The van der Waals surface area contributed by atoms with E-state index in [1.54, 1.807) is 43.3 Å². The highest BCUT2D eigenvalue weighted by Crippen LogP contribution is 2.32. The molecule has 0 aliphatic heterocycles. The molecule has 3 aromatic carbocycles. The standard InChI is InChI=1S/C26H25NO4S/c1-3-31-26(28)25-23(18-15-20-9-5-4-6-10-20)22-11-7-8-12-24(22)27(25)32(29,30)21-16-13-19(2)14-17-21/h4-14,16-17H,3,15,18H2,1-2H3. The minimum atomic E-state index is -4.02. The minimum Gasteiger partial charge on any atom is -0.461 e. The van der Waals surface area contributed by atoms with Crippen LogP contribution in [-0.4, -0.2) is 25.0 Å². The SMILES string of the molecule is CCOC(=O)c1c(CCc2ccccc2)c2ccccc2n1S(=O)(=O)c1ccc(C)cc1. The van der Waals surface area contributed by atoms with Crippen LogP contribution in [0.3, 0.4) is 0 Å². The molecule has 0 radical (unpaired) electrons. The number of hydrogen-bond donors (Lipinski definition) is 0. The molecule has 5 nitrogen and oxygen atoms in total. The van der Waals surface area contributed by atoms with Gasteiger partial charge >= 0.3 is 5.97 Å². The van der Waals surface area contributed by atoms with Crippen molar-refractivity contribution in [2.75, 3.05) is 6.61 Å². The summed E-state index contributed by atoms with van der Waals surface area (Å²) in [6.45, 7) is 3.76. The Kier molecular flexibility index (Phi) is 6.15. The predicted octanol–water partition coefficient (Wildman–Crippen LogP) is 5.15. The maximum atomic E-state index is 13.7. The first-order valence-corrected chi connectivity index (χ1v) is 12.0. The van der Waals surface area contributed by atoms with Crippen LogP contribution in [0, 0.1) is 6.92 Å². The highest BCUT2D eigenvalue weighted by molar-refractivity contribution is 7.90. The molecule has 32 heavy (non-hydrogen) atoms. The van der Waals surface area contributed by atoms with Crippen LogP contribution in [0.5, 0.6) is 0 Å². The fourth-order valence-corrected chi connectivity index (χ4v) is 5.45. The number of carbonyl (C=O) groups is 1. The lowest BCUT2D eigenvalue weighted by Crippen LogP contribution is -2.21. The number of esters is 1. The van der Waals surface area contributed by atoms with Crippen LogP contribution in [0.1, 0.15) is 34.1 Å². The molecule has 1 aromatic heterocycles. The third kappa shape index (κ3) is 4.06. The van der Waals surface area contributed by atoms with Crippen LogP contribution >= 0.6 is 0 Å². The van der Waals surface area contributed by atoms with Crippen molar-refractivity contribution in [3.8, 4) is 0 Å². The third-order valence-electron chi connectivity index (χ3n) is 5.47. The van der Waals surface area contributed by atoms with Crippen LogP contribution < -0.4 is 0 Å². The summed E-state index contributed by atoms with van der Waals surface area (Å²) in [6, 6.07) is 23.8. The van der Waals surface area contributed by atoms with Crippen molar-refractivity contribution in [1.82, 2.24) is 3.97 Å². The smallest absolute Gasteiger partial charge is 0.356 e. The number of aryl methyl sites for hydroxylation is 3. The van der Waals surface area contributed by atoms with E-state index in [0.717, 1.165) is 20.5 Å². The van der Waals surface area contributed by atoms with Gasteiger partial charge in [-0.05, 0) is 56.0 Å². The number of carbonyl (C=O) groups excluding carboxylic acids is 1. The molecule has 0 fully saturated rings. The van der Waals surface area contributed by atoms with Crippen LogP contribution in [0.4, 0.5) is 0 Å². The Balaban J connectivity index is 1.94. The van der Waals surface area contributed by atoms with Crippen molar-refractivity contribution in [1.29, 1.82) is 0 Å². The summed E-state index contributed by atoms with van der Waals surface area (Å²) in [6.07, 6.45) is 1.18. The maximum Gasteiger partial charge on any atom is 0.356 e. The van der Waals surface area contributed by atoms with Gasteiger partial charge in [0.05, 0.1) is 17.0 Å². The molecule has 4 rings (SSSR count). The second-order valence-electron chi connectivity index (χ2n) is 7.63. The van der Waals surface area contributed by atoms with Crippen molar-refractivity contribution in [3.05, 3.63) is 101 Å². The largest absolute Gasteiger partial charge is 0.461 e. The van der Waals surface area contributed by atoms with Gasteiger partial charge in [-0.2, -0.15) is 0 Å². The summed E-state index contributed by atoms with van der Waals surface area (Å²) in [5.41, 5.74) is 3.29. The molecule has 0 aliphatic carbocycles. The van der Waals surface area contributed by atoms with E-state index in [-0.39, 0.29) is 17.2 Å². The van der Waals surface area contributed by atoms with E-state index in [2.05, 4.69) is 0 Å². The number of fused-ring (bicyclic) bond motifs is 1. The molecular weight excluding hydrogens is 422 g/mol. The monoisotopic (exact) mass is 447 g/mol. The molecule has 0 N–H and O–H groups in total. The first kappa shape index (κ1) is 21.8. The number of para-hydroxylation sites is 1. The number of benzene rings is 3. The Hall–Kier alpha value is -3.38. The molecule has 0 saturated heterocycles. The molecule has 0 unspecified atom stereocenters. The summed E-state index contributed by atoms with van der Waals surface area (Å²) in [4.78, 5) is 13.2. The Morgan fingerprint density at radius 1 is 0.875 bits per heavy atom. The Morgan fingerprint density at radius 3 is 2.22 bits per heavy atom. The van der Waals surface area contributed by atoms with Gasteiger partial charge < -0.3 is 4.74 Å². The van der Waals surface area contributed by atoms with Crippen molar-refractivity contribution >= 4 is 26.9 Å². The second-order valence-corrected chi connectivity index (χ2v) is 9.42. The Labute approximate surface area is 188 Å². The van der Waals surface area contributed by atoms with Gasteiger partial charge in [0, 0.05) is 5.39 Å². The highest BCUT2D eigenvalue weighted by atomic mass is 32.2. The predicted molar refractivity (Wildman–Crippen MR) is 126 cm³/mol. The lowest BCUT2D eigenvalue weighted by atomic mass is 10.0. The average molecular weight is 448 g/mol. The quantitative estimate of drug-likeness (QED) is 0.368. The number of ether oxygens (including phenoxy) is 1. The van der Waals surface area contributed by atoms with Crippen molar-refractivity contribution in [2.45, 2.75) is 31.6 Å². The van der Waals surface area contributed by atoms with Gasteiger partial charge in [-0.1, -0.05) is 66.2 Å². The third-order valence-corrected chi connectivity index (χ3v) is 7.20. The zero-order chi connectivity index (χ0) is 22.7. The summed E-state index contributed by atoms with van der Waals surface area (Å²) < 4.78 is 33.9. The topological polar surface area (TPSA) is 65.4 Å². The van der Waals surface area contributed by atoms with Gasteiger partial charge in [0.25, 0.3) is 10.0 Å². The summed E-state index contributed by atoms with van der Waals surface area (Å²) >= 11 is 0. The number of aromatic nitrogens is 1. The molecule has 0 spiro atoms. The van der Waals surface area contributed by atoms with Gasteiger partial charge in [-0.3, -0.25) is 0 Å². The summed E-state index contributed by atoms with van der Waals surface area (Å²) in [5.74, 6) is -0.637. The molecular formula is C26H25NO4S. The lowest BCUT2D eigenvalue weighted by molar-refractivity contribution is 0.0517. The molecule has 6 heteroatoms. The van der Waals surface area contributed by atoms with E-state index < -0.39 is 16.0 Å². The van der Waals surface area contributed by atoms with Gasteiger partial charge in [0.15, 0.2) is 0 Å². The van der Waals surface area contributed by atoms with Crippen LogP contribution in [0.25, 0.3) is 10.9 Å². The minimum absolute atomic E-state index is 0.0737. The lowest BCUT2D eigenvalue weighted by Gasteiger charge is -2.13. The summed E-state index contributed by atoms with van der Waals surface area (Å²) in [7, 11) is -4.02. The van der Waals surface area contributed by atoms with Crippen LogP contribution in [-0.2, 0) is 27.6 Å². The first-order chi connectivity index (χ1) is 15.4. The van der Waals surface area contributed by atoms with E-state index >= 15 is 0 Å².